The number of rotatable bonds is 3. The van der Waals surface area contributed by atoms with E-state index < -0.39 is 10.0 Å². The molecule has 2 rings (SSSR count). The summed E-state index contributed by atoms with van der Waals surface area (Å²) in [6, 6.07) is 0.295. The lowest BCUT2D eigenvalue weighted by molar-refractivity contribution is 0.564. The minimum atomic E-state index is -2.95. The Labute approximate surface area is 73.6 Å². The van der Waals surface area contributed by atoms with Crippen molar-refractivity contribution >= 4 is 10.0 Å². The number of sulfonamides is 1. The van der Waals surface area contributed by atoms with Gasteiger partial charge in [-0.15, -0.1) is 0 Å². The van der Waals surface area contributed by atoms with E-state index in [2.05, 4.69) is 4.72 Å². The highest BCUT2D eigenvalue weighted by Gasteiger charge is 2.53. The largest absolute Gasteiger partial charge is 0.212 e. The second-order valence-corrected chi connectivity index (χ2v) is 5.85. The van der Waals surface area contributed by atoms with Crippen LogP contribution in [0.1, 0.15) is 26.2 Å². The van der Waals surface area contributed by atoms with Gasteiger partial charge in [0.25, 0.3) is 0 Å². The van der Waals surface area contributed by atoms with Crippen LogP contribution in [0.3, 0.4) is 0 Å². The standard InChI is InChI=1S/C8H15NO2S/c1-2-12(10,11)9-8-6-4-3-5-7(6)8/h6-9H,2-5H2,1H3/t6-,7+,8?. The van der Waals surface area contributed by atoms with Gasteiger partial charge in [-0.3, -0.25) is 0 Å². The van der Waals surface area contributed by atoms with Crippen molar-refractivity contribution in [2.75, 3.05) is 5.75 Å². The Morgan fingerprint density at radius 1 is 1.33 bits per heavy atom. The zero-order valence-corrected chi connectivity index (χ0v) is 8.10. The molecule has 0 spiro atoms. The van der Waals surface area contributed by atoms with Gasteiger partial charge in [0.15, 0.2) is 0 Å². The highest BCUT2D eigenvalue weighted by molar-refractivity contribution is 7.89. The molecule has 0 saturated heterocycles. The molecule has 0 radical (unpaired) electrons. The normalized spacial score (nSPS) is 39.6. The molecule has 2 aliphatic rings. The predicted molar refractivity (Wildman–Crippen MR) is 47.2 cm³/mol. The van der Waals surface area contributed by atoms with Crippen molar-refractivity contribution < 1.29 is 8.42 Å². The smallest absolute Gasteiger partial charge is 0.211 e. The average Bonchev–Trinajstić information content (AvgIpc) is 2.51. The Kier molecular flexibility index (Phi) is 1.92. The van der Waals surface area contributed by atoms with E-state index in [9.17, 15) is 8.42 Å². The highest BCUT2D eigenvalue weighted by atomic mass is 32.2. The van der Waals surface area contributed by atoms with E-state index in [0.29, 0.717) is 17.9 Å². The quantitative estimate of drug-likeness (QED) is 0.711. The fraction of sp³-hybridized carbons (Fsp3) is 1.00. The summed E-state index contributed by atoms with van der Waals surface area (Å²) < 4.78 is 25.1. The fourth-order valence-corrected chi connectivity index (χ4v) is 3.22. The third kappa shape index (κ3) is 1.38. The van der Waals surface area contributed by atoms with E-state index in [1.165, 1.54) is 19.3 Å². The summed E-state index contributed by atoms with van der Waals surface area (Å²) in [5.74, 6) is 1.56. The molecule has 70 valence electrons. The van der Waals surface area contributed by atoms with E-state index in [1.54, 1.807) is 6.92 Å². The molecule has 3 atom stereocenters. The van der Waals surface area contributed by atoms with Gasteiger partial charge in [0.05, 0.1) is 5.75 Å². The molecule has 0 heterocycles. The Morgan fingerprint density at radius 2 is 1.92 bits per heavy atom. The first-order valence-corrected chi connectivity index (χ1v) is 6.29. The summed E-state index contributed by atoms with van der Waals surface area (Å²) in [5.41, 5.74) is 0. The van der Waals surface area contributed by atoms with Crippen LogP contribution in [-0.4, -0.2) is 20.2 Å². The molecule has 0 aromatic carbocycles. The van der Waals surface area contributed by atoms with E-state index in [1.807, 2.05) is 0 Å². The molecule has 2 aliphatic carbocycles. The molecule has 12 heavy (non-hydrogen) atoms. The fourth-order valence-electron chi connectivity index (χ4n) is 2.29. The SMILES string of the molecule is CCS(=O)(=O)NC1[C@H]2CCC[C@@H]12. The van der Waals surface area contributed by atoms with Crippen LogP contribution in [0.25, 0.3) is 0 Å². The third-order valence-electron chi connectivity index (χ3n) is 3.10. The zero-order chi connectivity index (χ0) is 8.77. The predicted octanol–water partition coefficient (Wildman–Crippen LogP) is 0.724. The van der Waals surface area contributed by atoms with Crippen LogP contribution < -0.4 is 4.72 Å². The zero-order valence-electron chi connectivity index (χ0n) is 7.29. The molecule has 1 unspecified atom stereocenters. The van der Waals surface area contributed by atoms with Crippen LogP contribution in [0.2, 0.25) is 0 Å². The van der Waals surface area contributed by atoms with Crippen LogP contribution in [-0.2, 0) is 10.0 Å². The molecule has 0 aliphatic heterocycles. The third-order valence-corrected chi connectivity index (χ3v) is 4.49. The van der Waals surface area contributed by atoms with Gasteiger partial charge >= 0.3 is 0 Å². The Morgan fingerprint density at radius 3 is 2.42 bits per heavy atom. The number of fused-ring (bicyclic) bond motifs is 1. The molecule has 4 heteroatoms. The van der Waals surface area contributed by atoms with Gasteiger partial charge in [-0.2, -0.15) is 0 Å². The minimum absolute atomic E-state index is 0.211. The molecule has 1 N–H and O–H groups in total. The molecule has 2 fully saturated rings. The Balaban J connectivity index is 1.91. The van der Waals surface area contributed by atoms with Gasteiger partial charge < -0.3 is 0 Å². The van der Waals surface area contributed by atoms with E-state index in [0.717, 1.165) is 0 Å². The van der Waals surface area contributed by atoms with E-state index in [-0.39, 0.29) is 5.75 Å². The highest BCUT2D eigenvalue weighted by Crippen LogP contribution is 2.52. The number of hydrogen-bond donors (Lipinski definition) is 1. The summed E-state index contributed by atoms with van der Waals surface area (Å²) in [4.78, 5) is 0. The number of hydrogen-bond acceptors (Lipinski definition) is 2. The van der Waals surface area contributed by atoms with Crippen molar-refractivity contribution in [3.63, 3.8) is 0 Å². The van der Waals surface area contributed by atoms with Crippen molar-refractivity contribution in [3.8, 4) is 0 Å². The average molecular weight is 189 g/mol. The molecule has 0 aromatic heterocycles. The molecular weight excluding hydrogens is 174 g/mol. The van der Waals surface area contributed by atoms with Crippen molar-refractivity contribution in [1.29, 1.82) is 0 Å². The lowest BCUT2D eigenvalue weighted by atomic mass is 10.2. The first-order valence-electron chi connectivity index (χ1n) is 4.64. The summed E-state index contributed by atoms with van der Waals surface area (Å²) in [6.45, 7) is 1.68. The summed E-state index contributed by atoms with van der Waals surface area (Å²) in [5, 5.41) is 0. The van der Waals surface area contributed by atoms with Crippen molar-refractivity contribution in [2.24, 2.45) is 11.8 Å². The van der Waals surface area contributed by atoms with E-state index in [4.69, 9.17) is 0 Å². The van der Waals surface area contributed by atoms with Crippen molar-refractivity contribution in [2.45, 2.75) is 32.2 Å². The lowest BCUT2D eigenvalue weighted by Crippen LogP contribution is -2.29. The van der Waals surface area contributed by atoms with Crippen LogP contribution in [0.15, 0.2) is 0 Å². The van der Waals surface area contributed by atoms with Gasteiger partial charge in [0.1, 0.15) is 0 Å². The van der Waals surface area contributed by atoms with Gasteiger partial charge in [-0.25, -0.2) is 13.1 Å². The van der Waals surface area contributed by atoms with Gasteiger partial charge in [0, 0.05) is 6.04 Å². The summed E-state index contributed by atoms with van der Waals surface area (Å²) >= 11 is 0. The maximum Gasteiger partial charge on any atom is 0.211 e. The molecule has 0 amide bonds. The van der Waals surface area contributed by atoms with Gasteiger partial charge in [-0.1, -0.05) is 6.42 Å². The molecule has 0 bridgehead atoms. The molecule has 0 aromatic rings. The van der Waals surface area contributed by atoms with Gasteiger partial charge in [-0.05, 0) is 31.6 Å². The summed E-state index contributed by atoms with van der Waals surface area (Å²) in [7, 11) is -2.95. The van der Waals surface area contributed by atoms with Crippen LogP contribution in [0.4, 0.5) is 0 Å². The van der Waals surface area contributed by atoms with Gasteiger partial charge in [0.2, 0.25) is 10.0 Å². The second-order valence-electron chi connectivity index (χ2n) is 3.81. The topological polar surface area (TPSA) is 46.2 Å². The van der Waals surface area contributed by atoms with Crippen molar-refractivity contribution in [3.05, 3.63) is 0 Å². The van der Waals surface area contributed by atoms with E-state index >= 15 is 0 Å². The van der Waals surface area contributed by atoms with Crippen LogP contribution >= 0.6 is 0 Å². The Bertz CT molecular complexity index is 263. The molecule has 3 nitrogen and oxygen atoms in total. The monoisotopic (exact) mass is 189 g/mol. The minimum Gasteiger partial charge on any atom is -0.212 e. The second kappa shape index (κ2) is 2.70. The van der Waals surface area contributed by atoms with Crippen molar-refractivity contribution in [1.82, 2.24) is 4.72 Å². The first kappa shape index (κ1) is 8.51. The number of nitrogens with one attached hydrogen (secondary N) is 1. The lowest BCUT2D eigenvalue weighted by Gasteiger charge is -2.05. The summed E-state index contributed by atoms with van der Waals surface area (Å²) in [6.07, 6.45) is 3.74. The molecule has 2 saturated carbocycles. The first-order chi connectivity index (χ1) is 5.64. The maximum atomic E-state index is 11.2. The molecular formula is C8H15NO2S. The van der Waals surface area contributed by atoms with Crippen LogP contribution in [0, 0.1) is 11.8 Å². The maximum absolute atomic E-state index is 11.2. The van der Waals surface area contributed by atoms with Crippen LogP contribution in [0.5, 0.6) is 0 Å². The Hall–Kier alpha value is -0.0900.